The number of benzene rings is 1. The molecule has 13 heavy (non-hydrogen) atoms. The van der Waals surface area contributed by atoms with Gasteiger partial charge in [-0.3, -0.25) is 4.99 Å². The quantitative estimate of drug-likeness (QED) is 0.556. The smallest absolute Gasteiger partial charge is 0.0938 e. The summed E-state index contributed by atoms with van der Waals surface area (Å²) in [6, 6.07) is 8.24. The molecule has 1 aromatic rings. The van der Waals surface area contributed by atoms with Gasteiger partial charge < -0.3 is 5.73 Å². The van der Waals surface area contributed by atoms with Crippen LogP contribution in [-0.2, 0) is 6.54 Å². The molecule has 0 aliphatic rings. The van der Waals surface area contributed by atoms with E-state index in [0.29, 0.717) is 6.54 Å². The van der Waals surface area contributed by atoms with E-state index >= 15 is 0 Å². The van der Waals surface area contributed by atoms with Crippen LogP contribution in [-0.4, -0.2) is 5.84 Å². The molecular formula is C11H16N2. The van der Waals surface area contributed by atoms with E-state index < -0.39 is 0 Å². The molecule has 0 spiro atoms. The summed E-state index contributed by atoms with van der Waals surface area (Å²) in [5, 5.41) is 0. The van der Waals surface area contributed by atoms with Gasteiger partial charge >= 0.3 is 0 Å². The monoisotopic (exact) mass is 176 g/mol. The van der Waals surface area contributed by atoms with Crippen molar-refractivity contribution < 1.29 is 0 Å². The maximum atomic E-state index is 5.62. The van der Waals surface area contributed by atoms with Crippen LogP contribution in [0.1, 0.15) is 24.5 Å². The van der Waals surface area contributed by atoms with Gasteiger partial charge in [0.15, 0.2) is 0 Å². The highest BCUT2D eigenvalue weighted by molar-refractivity contribution is 5.79. The highest BCUT2D eigenvalue weighted by atomic mass is 14.8. The third kappa shape index (κ3) is 2.90. The summed E-state index contributed by atoms with van der Waals surface area (Å²) in [6.45, 7) is 4.80. The molecule has 0 radical (unpaired) electrons. The number of hydrogen-bond acceptors (Lipinski definition) is 1. The zero-order valence-electron chi connectivity index (χ0n) is 8.25. The second kappa shape index (κ2) is 4.65. The van der Waals surface area contributed by atoms with Crippen molar-refractivity contribution in [1.29, 1.82) is 0 Å². The molecule has 1 aromatic carbocycles. The average Bonchev–Trinajstić information content (AvgIpc) is 2.16. The summed E-state index contributed by atoms with van der Waals surface area (Å²) < 4.78 is 0. The van der Waals surface area contributed by atoms with E-state index in [0.717, 1.165) is 12.3 Å². The molecule has 0 aliphatic heterocycles. The normalized spacial score (nSPS) is 11.7. The van der Waals surface area contributed by atoms with Gasteiger partial charge in [-0.1, -0.05) is 31.2 Å². The van der Waals surface area contributed by atoms with E-state index in [1.165, 1.54) is 11.1 Å². The van der Waals surface area contributed by atoms with E-state index in [1.54, 1.807) is 0 Å². The van der Waals surface area contributed by atoms with Crippen LogP contribution >= 0.6 is 0 Å². The first-order valence-electron chi connectivity index (χ1n) is 4.57. The summed E-state index contributed by atoms with van der Waals surface area (Å²) in [4.78, 5) is 4.27. The Balaban J connectivity index is 2.70. The predicted molar refractivity (Wildman–Crippen MR) is 56.8 cm³/mol. The first kappa shape index (κ1) is 9.78. The Morgan fingerprint density at radius 3 is 2.69 bits per heavy atom. The van der Waals surface area contributed by atoms with Gasteiger partial charge in [-0.2, -0.15) is 0 Å². The van der Waals surface area contributed by atoms with Gasteiger partial charge in [-0.05, 0) is 18.1 Å². The van der Waals surface area contributed by atoms with Gasteiger partial charge in [-0.25, -0.2) is 0 Å². The number of rotatable bonds is 3. The molecule has 0 atom stereocenters. The minimum absolute atomic E-state index is 0.701. The molecule has 0 fully saturated rings. The van der Waals surface area contributed by atoms with Crippen molar-refractivity contribution in [3.8, 4) is 0 Å². The van der Waals surface area contributed by atoms with Crippen LogP contribution in [0.5, 0.6) is 0 Å². The fourth-order valence-corrected chi connectivity index (χ4v) is 1.09. The van der Waals surface area contributed by atoms with Gasteiger partial charge in [0.25, 0.3) is 0 Å². The largest absolute Gasteiger partial charge is 0.387 e. The van der Waals surface area contributed by atoms with Crippen molar-refractivity contribution in [2.24, 2.45) is 10.7 Å². The lowest BCUT2D eigenvalue weighted by molar-refractivity contribution is 1.02. The molecule has 2 heteroatoms. The third-order valence-corrected chi connectivity index (χ3v) is 2.08. The SMILES string of the molecule is CCC(N)=NCc1ccccc1C. The van der Waals surface area contributed by atoms with Crippen LogP contribution < -0.4 is 5.73 Å². The van der Waals surface area contributed by atoms with Crippen molar-refractivity contribution in [3.63, 3.8) is 0 Å². The number of amidine groups is 1. The topological polar surface area (TPSA) is 38.4 Å². The molecule has 2 N–H and O–H groups in total. The Hall–Kier alpha value is -1.31. The van der Waals surface area contributed by atoms with Gasteiger partial charge in [-0.15, -0.1) is 0 Å². The highest BCUT2D eigenvalue weighted by Crippen LogP contribution is 2.07. The van der Waals surface area contributed by atoms with Crippen LogP contribution in [0.15, 0.2) is 29.3 Å². The lowest BCUT2D eigenvalue weighted by Gasteiger charge is -2.01. The highest BCUT2D eigenvalue weighted by Gasteiger charge is 1.94. The van der Waals surface area contributed by atoms with E-state index in [2.05, 4.69) is 24.0 Å². The Morgan fingerprint density at radius 2 is 2.08 bits per heavy atom. The maximum absolute atomic E-state index is 5.62. The molecule has 2 nitrogen and oxygen atoms in total. The van der Waals surface area contributed by atoms with Crippen molar-refractivity contribution >= 4 is 5.84 Å². The molecule has 1 rings (SSSR count). The molecule has 0 bridgehead atoms. The lowest BCUT2D eigenvalue weighted by Crippen LogP contribution is -2.09. The maximum Gasteiger partial charge on any atom is 0.0938 e. The zero-order chi connectivity index (χ0) is 9.68. The second-order valence-corrected chi connectivity index (χ2v) is 3.09. The number of aliphatic imine (C=N–C) groups is 1. The molecule has 0 saturated carbocycles. The Morgan fingerprint density at radius 1 is 1.38 bits per heavy atom. The van der Waals surface area contributed by atoms with Crippen LogP contribution in [0.25, 0.3) is 0 Å². The van der Waals surface area contributed by atoms with Crippen molar-refractivity contribution in [2.75, 3.05) is 0 Å². The van der Waals surface area contributed by atoms with E-state index in [9.17, 15) is 0 Å². The standard InChI is InChI=1S/C11H16N2/c1-3-11(12)13-8-10-7-5-4-6-9(10)2/h4-7H,3,8H2,1-2H3,(H2,12,13). The van der Waals surface area contributed by atoms with Gasteiger partial charge in [0.05, 0.1) is 12.4 Å². The summed E-state index contributed by atoms with van der Waals surface area (Å²) in [7, 11) is 0. The van der Waals surface area contributed by atoms with Crippen molar-refractivity contribution in [3.05, 3.63) is 35.4 Å². The first-order valence-corrected chi connectivity index (χ1v) is 4.57. The minimum Gasteiger partial charge on any atom is -0.387 e. The zero-order valence-corrected chi connectivity index (χ0v) is 8.25. The Kier molecular flexibility index (Phi) is 3.50. The molecule has 0 unspecified atom stereocenters. The first-order chi connectivity index (χ1) is 6.24. The van der Waals surface area contributed by atoms with Gasteiger partial charge in [0.2, 0.25) is 0 Å². The van der Waals surface area contributed by atoms with Gasteiger partial charge in [0.1, 0.15) is 0 Å². The molecule has 0 aromatic heterocycles. The Labute approximate surface area is 79.5 Å². The van der Waals surface area contributed by atoms with Crippen LogP contribution in [0, 0.1) is 6.92 Å². The summed E-state index contributed by atoms with van der Waals surface area (Å²) in [5.41, 5.74) is 8.14. The summed E-state index contributed by atoms with van der Waals surface area (Å²) in [5.74, 6) is 0.725. The lowest BCUT2D eigenvalue weighted by atomic mass is 10.1. The molecule has 70 valence electrons. The predicted octanol–water partition coefficient (Wildman–Crippen LogP) is 2.26. The number of nitrogens with two attached hydrogens (primary N) is 1. The van der Waals surface area contributed by atoms with Crippen LogP contribution in [0.2, 0.25) is 0 Å². The molecule has 0 amide bonds. The van der Waals surface area contributed by atoms with E-state index in [1.807, 2.05) is 19.1 Å². The fourth-order valence-electron chi connectivity index (χ4n) is 1.09. The third-order valence-electron chi connectivity index (χ3n) is 2.08. The second-order valence-electron chi connectivity index (χ2n) is 3.09. The molecule has 0 heterocycles. The number of hydrogen-bond donors (Lipinski definition) is 1. The number of nitrogens with zero attached hydrogens (tertiary/aromatic N) is 1. The van der Waals surface area contributed by atoms with Crippen molar-refractivity contribution in [1.82, 2.24) is 0 Å². The molecular weight excluding hydrogens is 160 g/mol. The van der Waals surface area contributed by atoms with Gasteiger partial charge in [0, 0.05) is 6.42 Å². The summed E-state index contributed by atoms with van der Waals surface area (Å²) in [6.07, 6.45) is 0.825. The average molecular weight is 176 g/mol. The minimum atomic E-state index is 0.701. The van der Waals surface area contributed by atoms with Crippen LogP contribution in [0.4, 0.5) is 0 Å². The number of aryl methyl sites for hydroxylation is 1. The van der Waals surface area contributed by atoms with Crippen molar-refractivity contribution in [2.45, 2.75) is 26.8 Å². The summed E-state index contributed by atoms with van der Waals surface area (Å²) >= 11 is 0. The van der Waals surface area contributed by atoms with E-state index in [-0.39, 0.29) is 0 Å². The molecule has 0 aliphatic carbocycles. The Bertz CT molecular complexity index is 303. The fraction of sp³-hybridized carbons (Fsp3) is 0.364. The van der Waals surface area contributed by atoms with E-state index in [4.69, 9.17) is 5.73 Å². The molecule has 0 saturated heterocycles. The van der Waals surface area contributed by atoms with Crippen LogP contribution in [0.3, 0.4) is 0 Å².